The summed E-state index contributed by atoms with van der Waals surface area (Å²) >= 11 is 12.1. The highest BCUT2D eigenvalue weighted by Crippen LogP contribution is 2.31. The van der Waals surface area contributed by atoms with Crippen LogP contribution < -0.4 is 10.1 Å². The summed E-state index contributed by atoms with van der Waals surface area (Å²) in [4.78, 5) is 4.41. The number of hydrogen-bond acceptors (Lipinski definition) is 3. The van der Waals surface area contributed by atoms with E-state index >= 15 is 0 Å². The molecule has 0 saturated heterocycles. The molecule has 0 atom stereocenters. The van der Waals surface area contributed by atoms with E-state index in [2.05, 4.69) is 10.3 Å². The van der Waals surface area contributed by atoms with E-state index < -0.39 is 0 Å². The predicted octanol–water partition coefficient (Wildman–Crippen LogP) is 4.52. The smallest absolute Gasteiger partial charge is 0.219 e. The van der Waals surface area contributed by atoms with Crippen molar-refractivity contribution in [1.29, 1.82) is 0 Å². The van der Waals surface area contributed by atoms with Crippen LogP contribution in [0.1, 0.15) is 16.8 Å². The van der Waals surface area contributed by atoms with Crippen molar-refractivity contribution in [2.75, 3.05) is 7.05 Å². The molecule has 0 radical (unpaired) electrons. The highest BCUT2D eigenvalue weighted by atomic mass is 35.5. The molecule has 0 aliphatic rings. The van der Waals surface area contributed by atoms with Gasteiger partial charge in [-0.05, 0) is 50.2 Å². The lowest BCUT2D eigenvalue weighted by atomic mass is 10.1. The maximum absolute atomic E-state index is 6.09. The summed E-state index contributed by atoms with van der Waals surface area (Å²) in [5.41, 5.74) is 2.71. The normalized spacial score (nSPS) is 10.7. The number of pyridine rings is 1. The third kappa shape index (κ3) is 3.42. The molecule has 0 spiro atoms. The van der Waals surface area contributed by atoms with Crippen molar-refractivity contribution >= 4 is 23.2 Å². The zero-order chi connectivity index (χ0) is 14.7. The fourth-order valence-electron chi connectivity index (χ4n) is 1.98. The summed E-state index contributed by atoms with van der Waals surface area (Å²) in [5.74, 6) is 1.30. The van der Waals surface area contributed by atoms with E-state index in [1.54, 1.807) is 12.1 Å². The lowest BCUT2D eigenvalue weighted by Gasteiger charge is -2.12. The molecule has 0 bridgehead atoms. The second-order valence-electron chi connectivity index (χ2n) is 4.58. The molecule has 2 aromatic rings. The summed E-state index contributed by atoms with van der Waals surface area (Å²) in [5, 5.41) is 4.35. The molecule has 106 valence electrons. The Bertz CT molecular complexity index is 606. The maximum atomic E-state index is 6.09. The quantitative estimate of drug-likeness (QED) is 0.901. The van der Waals surface area contributed by atoms with Crippen LogP contribution in [0.25, 0.3) is 0 Å². The molecule has 5 heteroatoms. The highest BCUT2D eigenvalue weighted by Gasteiger charge is 2.10. The number of nitrogens with zero attached hydrogens (tertiary/aromatic N) is 1. The molecule has 3 nitrogen and oxygen atoms in total. The van der Waals surface area contributed by atoms with Gasteiger partial charge in [0.25, 0.3) is 0 Å². The van der Waals surface area contributed by atoms with Gasteiger partial charge in [0, 0.05) is 17.6 Å². The third-order valence-corrected chi connectivity index (χ3v) is 3.43. The van der Waals surface area contributed by atoms with Crippen molar-refractivity contribution in [2.24, 2.45) is 0 Å². The molecule has 0 saturated carbocycles. The van der Waals surface area contributed by atoms with Crippen molar-refractivity contribution in [3.8, 4) is 11.6 Å². The average Bonchev–Trinajstić information content (AvgIpc) is 2.37. The van der Waals surface area contributed by atoms with Crippen molar-refractivity contribution in [2.45, 2.75) is 20.4 Å². The van der Waals surface area contributed by atoms with Crippen LogP contribution in [0, 0.1) is 13.8 Å². The molecule has 0 aliphatic heterocycles. The van der Waals surface area contributed by atoms with Crippen LogP contribution in [-0.4, -0.2) is 12.0 Å². The topological polar surface area (TPSA) is 34.2 Å². The number of nitrogens with one attached hydrogen (secondary N) is 1. The second kappa shape index (κ2) is 6.44. The Kier molecular flexibility index (Phi) is 4.86. The van der Waals surface area contributed by atoms with Gasteiger partial charge in [0.1, 0.15) is 5.75 Å². The zero-order valence-electron chi connectivity index (χ0n) is 11.6. The Balaban J connectivity index is 2.33. The van der Waals surface area contributed by atoms with Gasteiger partial charge in [-0.25, -0.2) is 4.98 Å². The van der Waals surface area contributed by atoms with E-state index in [0.29, 0.717) is 22.5 Å². The van der Waals surface area contributed by atoms with Gasteiger partial charge in [-0.15, -0.1) is 0 Å². The van der Waals surface area contributed by atoms with E-state index in [9.17, 15) is 0 Å². The molecule has 1 N–H and O–H groups in total. The number of halogens is 2. The van der Waals surface area contributed by atoms with Gasteiger partial charge in [-0.3, -0.25) is 0 Å². The van der Waals surface area contributed by atoms with E-state index in [0.717, 1.165) is 22.6 Å². The minimum atomic E-state index is 0.521. The molecule has 2 rings (SSSR count). The van der Waals surface area contributed by atoms with E-state index in [-0.39, 0.29) is 0 Å². The summed E-state index contributed by atoms with van der Waals surface area (Å²) in [6, 6.07) is 7.29. The molecular weight excluding hydrogens is 295 g/mol. The summed E-state index contributed by atoms with van der Waals surface area (Å²) < 4.78 is 5.88. The molecule has 1 aromatic carbocycles. The molecule has 0 amide bonds. The molecular formula is C15H16Cl2N2O. The van der Waals surface area contributed by atoms with Crippen LogP contribution in [-0.2, 0) is 6.54 Å². The largest absolute Gasteiger partial charge is 0.438 e. The summed E-state index contributed by atoms with van der Waals surface area (Å²) in [6.07, 6.45) is 0. The number of aromatic nitrogens is 1. The standard InChI is InChI=1S/C15H16Cl2N2O/c1-9-6-11(16)7-10(2)15(9)20-14-5-4-12(17)13(19-14)8-18-3/h4-7,18H,8H2,1-3H3. The van der Waals surface area contributed by atoms with Crippen LogP contribution in [0.5, 0.6) is 11.6 Å². The molecule has 1 aromatic heterocycles. The third-order valence-electron chi connectivity index (χ3n) is 2.87. The first-order chi connectivity index (χ1) is 9.51. The number of benzene rings is 1. The fourth-order valence-corrected chi connectivity index (χ4v) is 2.47. The first kappa shape index (κ1) is 15.1. The Morgan fingerprint density at radius 1 is 1.15 bits per heavy atom. The fraction of sp³-hybridized carbons (Fsp3) is 0.267. The van der Waals surface area contributed by atoms with Crippen LogP contribution in [0.3, 0.4) is 0 Å². The van der Waals surface area contributed by atoms with E-state index in [1.807, 2.05) is 33.0 Å². The van der Waals surface area contributed by atoms with Gasteiger partial charge in [0.05, 0.1) is 10.7 Å². The Labute approximate surface area is 128 Å². The predicted molar refractivity (Wildman–Crippen MR) is 83.0 cm³/mol. The minimum Gasteiger partial charge on any atom is -0.438 e. The van der Waals surface area contributed by atoms with Crippen LogP contribution >= 0.6 is 23.2 Å². The molecule has 0 aliphatic carbocycles. The van der Waals surface area contributed by atoms with Gasteiger partial charge in [-0.1, -0.05) is 23.2 Å². The Morgan fingerprint density at radius 2 is 1.80 bits per heavy atom. The average molecular weight is 311 g/mol. The van der Waals surface area contributed by atoms with Crippen molar-refractivity contribution in [3.05, 3.63) is 51.1 Å². The van der Waals surface area contributed by atoms with E-state index in [1.165, 1.54) is 0 Å². The first-order valence-electron chi connectivity index (χ1n) is 6.26. The van der Waals surface area contributed by atoms with E-state index in [4.69, 9.17) is 27.9 Å². The SMILES string of the molecule is CNCc1nc(Oc2c(C)cc(Cl)cc2C)ccc1Cl. The monoisotopic (exact) mass is 310 g/mol. The molecule has 1 heterocycles. The molecule has 0 unspecified atom stereocenters. The number of rotatable bonds is 4. The minimum absolute atomic E-state index is 0.521. The Morgan fingerprint density at radius 3 is 2.40 bits per heavy atom. The van der Waals surface area contributed by atoms with Crippen LogP contribution in [0.2, 0.25) is 10.0 Å². The summed E-state index contributed by atoms with van der Waals surface area (Å²) in [7, 11) is 1.85. The maximum Gasteiger partial charge on any atom is 0.219 e. The molecule has 20 heavy (non-hydrogen) atoms. The number of aryl methyl sites for hydroxylation is 2. The van der Waals surface area contributed by atoms with Crippen molar-refractivity contribution in [3.63, 3.8) is 0 Å². The van der Waals surface area contributed by atoms with Crippen LogP contribution in [0.15, 0.2) is 24.3 Å². The van der Waals surface area contributed by atoms with Gasteiger partial charge < -0.3 is 10.1 Å². The van der Waals surface area contributed by atoms with Crippen molar-refractivity contribution < 1.29 is 4.74 Å². The summed E-state index contributed by atoms with van der Waals surface area (Å²) in [6.45, 7) is 4.51. The van der Waals surface area contributed by atoms with Gasteiger partial charge in [0.2, 0.25) is 5.88 Å². The van der Waals surface area contributed by atoms with Crippen molar-refractivity contribution in [1.82, 2.24) is 10.3 Å². The zero-order valence-corrected chi connectivity index (χ0v) is 13.1. The number of ether oxygens (including phenoxy) is 1. The first-order valence-corrected chi connectivity index (χ1v) is 7.01. The Hall–Kier alpha value is -1.29. The highest BCUT2D eigenvalue weighted by molar-refractivity contribution is 6.31. The van der Waals surface area contributed by atoms with Gasteiger partial charge in [-0.2, -0.15) is 0 Å². The lowest BCUT2D eigenvalue weighted by molar-refractivity contribution is 0.453. The van der Waals surface area contributed by atoms with Crippen LogP contribution in [0.4, 0.5) is 0 Å². The van der Waals surface area contributed by atoms with Gasteiger partial charge in [0.15, 0.2) is 0 Å². The van der Waals surface area contributed by atoms with Gasteiger partial charge >= 0.3 is 0 Å². The second-order valence-corrected chi connectivity index (χ2v) is 5.42. The lowest BCUT2D eigenvalue weighted by Crippen LogP contribution is -2.08. The molecule has 0 fully saturated rings. The number of hydrogen-bond donors (Lipinski definition) is 1.